The SMILES string of the molecule is C=C(NCc1ccc(OCC(C)C)cc1)OCCC(C)C. The predicted octanol–water partition coefficient (Wildman–Crippen LogP) is 4.34. The minimum Gasteiger partial charge on any atom is -0.493 e. The van der Waals surface area contributed by atoms with Gasteiger partial charge in [0.1, 0.15) is 5.75 Å². The second-order valence-corrected chi connectivity index (χ2v) is 6.16. The zero-order valence-corrected chi connectivity index (χ0v) is 13.8. The fourth-order valence-electron chi connectivity index (χ4n) is 1.64. The molecule has 1 aromatic rings. The Kier molecular flexibility index (Phi) is 7.73. The number of nitrogens with one attached hydrogen (secondary N) is 1. The lowest BCUT2D eigenvalue weighted by atomic mass is 10.1. The summed E-state index contributed by atoms with van der Waals surface area (Å²) in [6, 6.07) is 8.12. The van der Waals surface area contributed by atoms with E-state index in [1.54, 1.807) is 0 Å². The molecule has 0 bridgehead atoms. The molecule has 0 heterocycles. The molecular formula is C18H29NO2. The van der Waals surface area contributed by atoms with Crippen LogP contribution < -0.4 is 10.1 Å². The van der Waals surface area contributed by atoms with Crippen LogP contribution in [0.2, 0.25) is 0 Å². The molecule has 1 rings (SSSR count). The average Bonchev–Trinajstić information content (AvgIpc) is 2.43. The number of hydrogen-bond donors (Lipinski definition) is 1. The quantitative estimate of drug-likeness (QED) is 0.650. The molecule has 0 aliphatic carbocycles. The Morgan fingerprint density at radius 1 is 1.10 bits per heavy atom. The van der Waals surface area contributed by atoms with E-state index in [4.69, 9.17) is 9.47 Å². The highest BCUT2D eigenvalue weighted by Gasteiger charge is 2.00. The Hall–Kier alpha value is -1.64. The van der Waals surface area contributed by atoms with Gasteiger partial charge >= 0.3 is 0 Å². The fourth-order valence-corrected chi connectivity index (χ4v) is 1.64. The van der Waals surface area contributed by atoms with Crippen LogP contribution in [-0.2, 0) is 11.3 Å². The van der Waals surface area contributed by atoms with Gasteiger partial charge in [0.25, 0.3) is 0 Å². The summed E-state index contributed by atoms with van der Waals surface area (Å²) in [5.41, 5.74) is 1.18. The molecule has 0 aromatic heterocycles. The summed E-state index contributed by atoms with van der Waals surface area (Å²) in [7, 11) is 0. The maximum absolute atomic E-state index is 5.66. The molecule has 0 aliphatic rings. The van der Waals surface area contributed by atoms with Crippen LogP contribution in [0.15, 0.2) is 36.7 Å². The second-order valence-electron chi connectivity index (χ2n) is 6.16. The summed E-state index contributed by atoms with van der Waals surface area (Å²) < 4.78 is 11.2. The van der Waals surface area contributed by atoms with Crippen molar-refractivity contribution in [3.63, 3.8) is 0 Å². The van der Waals surface area contributed by atoms with Crippen molar-refractivity contribution in [2.75, 3.05) is 13.2 Å². The zero-order valence-electron chi connectivity index (χ0n) is 13.8. The van der Waals surface area contributed by atoms with Crippen molar-refractivity contribution >= 4 is 0 Å². The van der Waals surface area contributed by atoms with E-state index in [1.165, 1.54) is 5.56 Å². The molecule has 0 aliphatic heterocycles. The number of hydrogen-bond acceptors (Lipinski definition) is 3. The van der Waals surface area contributed by atoms with E-state index < -0.39 is 0 Å². The third-order valence-electron chi connectivity index (χ3n) is 2.97. The van der Waals surface area contributed by atoms with Crippen molar-refractivity contribution in [1.82, 2.24) is 5.32 Å². The van der Waals surface area contributed by atoms with Gasteiger partial charge in [-0.05, 0) is 42.5 Å². The van der Waals surface area contributed by atoms with E-state index in [1.807, 2.05) is 12.1 Å². The predicted molar refractivity (Wildman–Crippen MR) is 88.2 cm³/mol. The Morgan fingerprint density at radius 3 is 2.33 bits per heavy atom. The Bertz CT molecular complexity index is 410. The van der Waals surface area contributed by atoms with E-state index in [0.29, 0.717) is 30.9 Å². The first kappa shape index (κ1) is 17.4. The van der Waals surface area contributed by atoms with E-state index >= 15 is 0 Å². The van der Waals surface area contributed by atoms with Gasteiger partial charge in [-0.2, -0.15) is 0 Å². The van der Waals surface area contributed by atoms with Gasteiger partial charge < -0.3 is 14.8 Å². The maximum atomic E-state index is 5.66. The van der Waals surface area contributed by atoms with Gasteiger partial charge in [-0.25, -0.2) is 0 Å². The number of ether oxygens (including phenoxy) is 2. The first-order valence-corrected chi connectivity index (χ1v) is 7.74. The summed E-state index contributed by atoms with van der Waals surface area (Å²) in [6.45, 7) is 14.7. The van der Waals surface area contributed by atoms with Crippen LogP contribution in [0, 0.1) is 11.8 Å². The number of benzene rings is 1. The van der Waals surface area contributed by atoms with Crippen LogP contribution in [0.25, 0.3) is 0 Å². The van der Waals surface area contributed by atoms with Crippen LogP contribution >= 0.6 is 0 Å². The first-order chi connectivity index (χ1) is 9.97. The Balaban J connectivity index is 2.27. The molecule has 0 fully saturated rings. The molecule has 1 aromatic carbocycles. The van der Waals surface area contributed by atoms with Crippen LogP contribution in [0.1, 0.15) is 39.7 Å². The zero-order chi connectivity index (χ0) is 15.7. The molecule has 0 spiro atoms. The molecule has 0 saturated carbocycles. The Labute approximate surface area is 129 Å². The third kappa shape index (κ3) is 8.28. The summed E-state index contributed by atoms with van der Waals surface area (Å²) in [5, 5.41) is 3.18. The van der Waals surface area contributed by atoms with Gasteiger partial charge in [-0.3, -0.25) is 0 Å². The molecule has 1 N–H and O–H groups in total. The van der Waals surface area contributed by atoms with Crippen LogP contribution in [-0.4, -0.2) is 13.2 Å². The molecular weight excluding hydrogens is 262 g/mol. The highest BCUT2D eigenvalue weighted by Crippen LogP contribution is 2.13. The van der Waals surface area contributed by atoms with Crippen molar-refractivity contribution in [3.05, 3.63) is 42.3 Å². The summed E-state index contributed by atoms with van der Waals surface area (Å²) in [4.78, 5) is 0. The van der Waals surface area contributed by atoms with Crippen LogP contribution in [0.3, 0.4) is 0 Å². The van der Waals surface area contributed by atoms with Gasteiger partial charge in [0, 0.05) is 6.54 Å². The Morgan fingerprint density at radius 2 is 1.76 bits per heavy atom. The van der Waals surface area contributed by atoms with E-state index in [-0.39, 0.29) is 0 Å². The lowest BCUT2D eigenvalue weighted by molar-refractivity contribution is 0.177. The van der Waals surface area contributed by atoms with Gasteiger partial charge in [0.15, 0.2) is 5.88 Å². The van der Waals surface area contributed by atoms with Crippen molar-refractivity contribution in [1.29, 1.82) is 0 Å². The van der Waals surface area contributed by atoms with Crippen LogP contribution in [0.4, 0.5) is 0 Å². The third-order valence-corrected chi connectivity index (χ3v) is 2.97. The van der Waals surface area contributed by atoms with Crippen molar-refractivity contribution in [3.8, 4) is 5.75 Å². The lowest BCUT2D eigenvalue weighted by Gasteiger charge is -2.13. The van der Waals surface area contributed by atoms with Crippen molar-refractivity contribution in [2.24, 2.45) is 11.8 Å². The minimum atomic E-state index is 0.539. The summed E-state index contributed by atoms with van der Waals surface area (Å²) in [5.74, 6) is 2.74. The smallest absolute Gasteiger partial charge is 0.179 e. The number of rotatable bonds is 10. The molecule has 21 heavy (non-hydrogen) atoms. The standard InChI is InChI=1S/C18H29NO2/c1-14(2)10-11-20-16(5)19-12-17-6-8-18(9-7-17)21-13-15(3)4/h6-9,14-15,19H,5,10-13H2,1-4H3. The lowest BCUT2D eigenvalue weighted by Crippen LogP contribution is -2.15. The summed E-state index contributed by atoms with van der Waals surface area (Å²) >= 11 is 0. The summed E-state index contributed by atoms with van der Waals surface area (Å²) in [6.07, 6.45) is 1.04. The molecule has 0 amide bonds. The van der Waals surface area contributed by atoms with E-state index in [9.17, 15) is 0 Å². The van der Waals surface area contributed by atoms with Gasteiger partial charge in [0.2, 0.25) is 0 Å². The van der Waals surface area contributed by atoms with Gasteiger partial charge in [0.05, 0.1) is 13.2 Å². The topological polar surface area (TPSA) is 30.5 Å². The highest BCUT2D eigenvalue weighted by atomic mass is 16.5. The van der Waals surface area contributed by atoms with Gasteiger partial charge in [-0.15, -0.1) is 0 Å². The largest absolute Gasteiger partial charge is 0.493 e. The van der Waals surface area contributed by atoms with Crippen molar-refractivity contribution < 1.29 is 9.47 Å². The molecule has 0 saturated heterocycles. The monoisotopic (exact) mass is 291 g/mol. The van der Waals surface area contributed by atoms with E-state index in [0.717, 1.165) is 18.8 Å². The average molecular weight is 291 g/mol. The van der Waals surface area contributed by atoms with Crippen molar-refractivity contribution in [2.45, 2.75) is 40.7 Å². The first-order valence-electron chi connectivity index (χ1n) is 7.74. The van der Waals surface area contributed by atoms with Gasteiger partial charge in [-0.1, -0.05) is 39.8 Å². The molecule has 0 unspecified atom stereocenters. The molecule has 0 atom stereocenters. The second kappa shape index (κ2) is 9.32. The minimum absolute atomic E-state index is 0.539. The highest BCUT2D eigenvalue weighted by molar-refractivity contribution is 5.27. The van der Waals surface area contributed by atoms with E-state index in [2.05, 4.69) is 51.7 Å². The maximum Gasteiger partial charge on any atom is 0.179 e. The normalized spacial score (nSPS) is 10.8. The van der Waals surface area contributed by atoms with Crippen LogP contribution in [0.5, 0.6) is 5.75 Å². The fraction of sp³-hybridized carbons (Fsp3) is 0.556. The molecule has 3 nitrogen and oxygen atoms in total. The molecule has 3 heteroatoms. The molecule has 118 valence electrons. The molecule has 0 radical (unpaired) electrons.